The molecule has 0 amide bonds. The third-order valence-corrected chi connectivity index (χ3v) is 5.13. The van der Waals surface area contributed by atoms with Crippen LogP contribution >= 0.6 is 23.2 Å². The van der Waals surface area contributed by atoms with Crippen LogP contribution in [0, 0.1) is 0 Å². The zero-order chi connectivity index (χ0) is 15.0. The number of hydrogen-bond acceptors (Lipinski definition) is 4. The van der Waals surface area contributed by atoms with E-state index in [2.05, 4.69) is 9.88 Å². The van der Waals surface area contributed by atoms with Crippen molar-refractivity contribution in [2.45, 2.75) is 4.90 Å². The quantitative estimate of drug-likeness (QED) is 0.782. The van der Waals surface area contributed by atoms with E-state index in [0.29, 0.717) is 11.0 Å². The lowest BCUT2D eigenvalue weighted by molar-refractivity contribution is 0.460. The molecule has 3 aromatic rings. The molecule has 0 spiro atoms. The highest BCUT2D eigenvalue weighted by Gasteiger charge is 2.22. The Balaban J connectivity index is 2.06. The number of nitrogens with zero attached hydrogens (tertiary/aromatic N) is 1. The Bertz CT molecular complexity index is 922. The molecule has 0 fully saturated rings. The van der Waals surface area contributed by atoms with Gasteiger partial charge >= 0.3 is 0 Å². The summed E-state index contributed by atoms with van der Waals surface area (Å²) >= 11 is 11.8. The third kappa shape index (κ3) is 2.57. The van der Waals surface area contributed by atoms with Gasteiger partial charge in [0.1, 0.15) is 4.90 Å². The van der Waals surface area contributed by atoms with Gasteiger partial charge in [0.05, 0.1) is 15.4 Å². The van der Waals surface area contributed by atoms with Crippen molar-refractivity contribution in [3.05, 3.63) is 52.5 Å². The molecule has 21 heavy (non-hydrogen) atoms. The molecular weight excluding hydrogens is 335 g/mol. The number of aromatic nitrogens is 1. The minimum Gasteiger partial charge on any atom is -0.354 e. The summed E-state index contributed by atoms with van der Waals surface area (Å²) in [7, 11) is -3.92. The largest absolute Gasteiger partial charge is 0.354 e. The summed E-state index contributed by atoms with van der Waals surface area (Å²) < 4.78 is 32.2. The van der Waals surface area contributed by atoms with Crippen molar-refractivity contribution in [2.24, 2.45) is 0 Å². The first-order valence-electron chi connectivity index (χ1n) is 5.80. The highest BCUT2D eigenvalue weighted by Crippen LogP contribution is 2.31. The summed E-state index contributed by atoms with van der Waals surface area (Å²) in [6, 6.07) is 11.3. The van der Waals surface area contributed by atoms with E-state index in [1.54, 1.807) is 24.3 Å². The summed E-state index contributed by atoms with van der Waals surface area (Å²) in [4.78, 5) is -0.122. The first kappa shape index (κ1) is 14.2. The molecule has 0 aliphatic heterocycles. The average molecular weight is 343 g/mol. The zero-order valence-electron chi connectivity index (χ0n) is 10.4. The topological polar surface area (TPSA) is 72.2 Å². The van der Waals surface area contributed by atoms with Crippen molar-refractivity contribution < 1.29 is 12.9 Å². The Labute approximate surface area is 130 Å². The van der Waals surface area contributed by atoms with E-state index in [4.69, 9.17) is 27.7 Å². The monoisotopic (exact) mass is 342 g/mol. The van der Waals surface area contributed by atoms with Crippen molar-refractivity contribution in [3.63, 3.8) is 0 Å². The molecule has 3 rings (SSSR count). The fraction of sp³-hybridized carbons (Fsp3) is 0. The molecule has 0 aliphatic rings. The van der Waals surface area contributed by atoms with Gasteiger partial charge in [-0.25, -0.2) is 8.42 Å². The van der Waals surface area contributed by atoms with Gasteiger partial charge < -0.3 is 4.52 Å². The molecule has 0 unspecified atom stereocenters. The van der Waals surface area contributed by atoms with Crippen LogP contribution in [-0.4, -0.2) is 13.6 Å². The first-order valence-corrected chi connectivity index (χ1v) is 8.04. The fourth-order valence-corrected chi connectivity index (χ4v) is 3.61. The number of benzene rings is 2. The Morgan fingerprint density at radius 1 is 1.05 bits per heavy atom. The summed E-state index contributed by atoms with van der Waals surface area (Å²) in [5, 5.41) is 4.39. The number of para-hydroxylation sites is 1. The van der Waals surface area contributed by atoms with Crippen molar-refractivity contribution >= 4 is 50.0 Å². The zero-order valence-corrected chi connectivity index (χ0v) is 12.7. The number of fused-ring (bicyclic) bond motifs is 1. The lowest BCUT2D eigenvalue weighted by atomic mass is 10.2. The lowest BCUT2D eigenvalue weighted by Gasteiger charge is -2.08. The molecule has 0 saturated heterocycles. The SMILES string of the molecule is O=S(=O)(Nc1noc2ccccc12)c1cccc(Cl)c1Cl. The van der Waals surface area contributed by atoms with E-state index < -0.39 is 10.0 Å². The number of hydrogen-bond donors (Lipinski definition) is 1. The molecule has 0 aliphatic carbocycles. The summed E-state index contributed by atoms with van der Waals surface area (Å²) in [6.07, 6.45) is 0. The fourth-order valence-electron chi connectivity index (χ4n) is 1.83. The van der Waals surface area contributed by atoms with Crippen molar-refractivity contribution in [1.82, 2.24) is 5.16 Å². The van der Waals surface area contributed by atoms with Gasteiger partial charge in [-0.05, 0) is 24.3 Å². The number of sulfonamides is 1. The van der Waals surface area contributed by atoms with Gasteiger partial charge in [0.25, 0.3) is 10.0 Å². The van der Waals surface area contributed by atoms with E-state index in [1.165, 1.54) is 18.2 Å². The van der Waals surface area contributed by atoms with E-state index >= 15 is 0 Å². The molecule has 5 nitrogen and oxygen atoms in total. The maximum Gasteiger partial charge on any atom is 0.264 e. The van der Waals surface area contributed by atoms with Gasteiger partial charge in [-0.3, -0.25) is 4.72 Å². The van der Waals surface area contributed by atoms with Gasteiger partial charge in [0, 0.05) is 0 Å². The van der Waals surface area contributed by atoms with Crippen LogP contribution < -0.4 is 4.72 Å². The van der Waals surface area contributed by atoms with Crippen LogP contribution in [0.5, 0.6) is 0 Å². The number of rotatable bonds is 3. The summed E-state index contributed by atoms with van der Waals surface area (Å²) in [5.74, 6) is 0.0987. The van der Waals surface area contributed by atoms with Crippen LogP contribution in [0.4, 0.5) is 5.82 Å². The van der Waals surface area contributed by atoms with Gasteiger partial charge in [-0.1, -0.05) is 46.6 Å². The summed E-state index contributed by atoms with van der Waals surface area (Å²) in [6.45, 7) is 0. The van der Waals surface area contributed by atoms with Gasteiger partial charge in [-0.2, -0.15) is 0 Å². The van der Waals surface area contributed by atoms with Crippen molar-refractivity contribution in [3.8, 4) is 0 Å². The summed E-state index contributed by atoms with van der Waals surface area (Å²) in [5.41, 5.74) is 0.479. The second kappa shape index (κ2) is 5.22. The average Bonchev–Trinajstić information content (AvgIpc) is 2.84. The van der Waals surface area contributed by atoms with Gasteiger partial charge in [0.15, 0.2) is 11.4 Å². The molecule has 1 heterocycles. The minimum absolute atomic E-state index is 0.0422. The number of halogens is 2. The van der Waals surface area contributed by atoms with Crippen molar-refractivity contribution in [1.29, 1.82) is 0 Å². The van der Waals surface area contributed by atoms with Crippen LogP contribution in [0.25, 0.3) is 11.0 Å². The van der Waals surface area contributed by atoms with E-state index in [0.717, 1.165) is 0 Å². The number of anilines is 1. The second-order valence-electron chi connectivity index (χ2n) is 4.18. The van der Waals surface area contributed by atoms with Crippen LogP contribution in [0.3, 0.4) is 0 Å². The van der Waals surface area contributed by atoms with E-state index in [9.17, 15) is 8.42 Å². The molecule has 0 atom stereocenters. The van der Waals surface area contributed by atoms with Crippen molar-refractivity contribution in [2.75, 3.05) is 4.72 Å². The van der Waals surface area contributed by atoms with Crippen LogP contribution in [-0.2, 0) is 10.0 Å². The van der Waals surface area contributed by atoms with Gasteiger partial charge in [-0.15, -0.1) is 0 Å². The van der Waals surface area contributed by atoms with Crippen LogP contribution in [0.1, 0.15) is 0 Å². The number of nitrogens with one attached hydrogen (secondary N) is 1. The molecule has 2 aromatic carbocycles. The Hall–Kier alpha value is -1.76. The lowest BCUT2D eigenvalue weighted by Crippen LogP contribution is -2.14. The second-order valence-corrected chi connectivity index (χ2v) is 6.62. The molecule has 0 saturated carbocycles. The first-order chi connectivity index (χ1) is 9.99. The normalized spacial score (nSPS) is 11.7. The Kier molecular flexibility index (Phi) is 3.52. The highest BCUT2D eigenvalue weighted by molar-refractivity contribution is 7.92. The molecule has 108 valence electrons. The molecule has 1 aromatic heterocycles. The van der Waals surface area contributed by atoms with E-state index in [1.807, 2.05) is 0 Å². The Morgan fingerprint density at radius 3 is 2.62 bits per heavy atom. The molecule has 8 heteroatoms. The van der Waals surface area contributed by atoms with Crippen LogP contribution in [0.2, 0.25) is 10.0 Å². The predicted octanol–water partition coefficient (Wildman–Crippen LogP) is 3.94. The third-order valence-electron chi connectivity index (χ3n) is 2.81. The molecule has 0 bridgehead atoms. The standard InChI is InChI=1S/C13H8Cl2N2O3S/c14-9-5-3-7-11(12(9)15)21(18,19)17-13-8-4-1-2-6-10(8)20-16-13/h1-7H,(H,16,17). The molecule has 1 N–H and O–H groups in total. The van der Waals surface area contributed by atoms with Gasteiger partial charge in [0.2, 0.25) is 0 Å². The molecule has 0 radical (unpaired) electrons. The molecular formula is C13H8Cl2N2O3S. The highest BCUT2D eigenvalue weighted by atomic mass is 35.5. The maximum absolute atomic E-state index is 12.4. The Morgan fingerprint density at radius 2 is 1.81 bits per heavy atom. The van der Waals surface area contributed by atoms with Crippen LogP contribution in [0.15, 0.2) is 51.9 Å². The predicted molar refractivity (Wildman–Crippen MR) is 81.3 cm³/mol. The maximum atomic E-state index is 12.4. The minimum atomic E-state index is -3.92. The van der Waals surface area contributed by atoms with E-state index in [-0.39, 0.29) is 20.8 Å². The smallest absolute Gasteiger partial charge is 0.264 e.